The van der Waals surface area contributed by atoms with Gasteiger partial charge in [-0.05, 0) is 25.2 Å². The van der Waals surface area contributed by atoms with Crippen LogP contribution in [0.25, 0.3) is 0 Å². The molecule has 2 fully saturated rings. The third-order valence-corrected chi connectivity index (χ3v) is 3.75. The second-order valence-electron chi connectivity index (χ2n) is 5.21. The number of aliphatic carboxylic acids is 1. The van der Waals surface area contributed by atoms with Crippen molar-refractivity contribution in [1.82, 2.24) is 10.6 Å². The average molecular weight is 240 g/mol. The molecule has 5 nitrogen and oxygen atoms in total. The summed E-state index contributed by atoms with van der Waals surface area (Å²) in [6.07, 6.45) is 6.36. The topological polar surface area (TPSA) is 78.4 Å². The van der Waals surface area contributed by atoms with Crippen molar-refractivity contribution in [3.8, 4) is 0 Å². The molecule has 0 aromatic rings. The van der Waals surface area contributed by atoms with E-state index in [2.05, 4.69) is 10.6 Å². The highest BCUT2D eigenvalue weighted by Crippen LogP contribution is 2.32. The number of carboxylic acids is 1. The molecule has 0 spiro atoms. The summed E-state index contributed by atoms with van der Waals surface area (Å²) in [5, 5.41) is 14.6. The zero-order valence-electron chi connectivity index (χ0n) is 10.00. The van der Waals surface area contributed by atoms with Crippen molar-refractivity contribution in [2.75, 3.05) is 6.54 Å². The minimum absolute atomic E-state index is 0.338. The second kappa shape index (κ2) is 4.94. The molecule has 96 valence electrons. The second-order valence-corrected chi connectivity index (χ2v) is 5.21. The van der Waals surface area contributed by atoms with Crippen molar-refractivity contribution in [1.29, 1.82) is 0 Å². The van der Waals surface area contributed by atoms with Crippen molar-refractivity contribution in [2.45, 2.75) is 50.5 Å². The van der Waals surface area contributed by atoms with Gasteiger partial charge in [-0.15, -0.1) is 0 Å². The predicted molar refractivity (Wildman–Crippen MR) is 62.7 cm³/mol. The highest BCUT2D eigenvalue weighted by molar-refractivity contribution is 5.86. The molecule has 0 atom stereocenters. The van der Waals surface area contributed by atoms with E-state index in [9.17, 15) is 14.7 Å². The fourth-order valence-corrected chi connectivity index (χ4v) is 2.43. The largest absolute Gasteiger partial charge is 0.480 e. The van der Waals surface area contributed by atoms with E-state index < -0.39 is 11.5 Å². The van der Waals surface area contributed by atoms with Crippen molar-refractivity contribution >= 4 is 12.0 Å². The van der Waals surface area contributed by atoms with E-state index in [1.165, 1.54) is 12.8 Å². The van der Waals surface area contributed by atoms with Crippen LogP contribution in [-0.4, -0.2) is 29.2 Å². The molecule has 17 heavy (non-hydrogen) atoms. The van der Waals surface area contributed by atoms with Crippen LogP contribution in [-0.2, 0) is 4.79 Å². The lowest BCUT2D eigenvalue weighted by Crippen LogP contribution is -2.55. The monoisotopic (exact) mass is 240 g/mol. The smallest absolute Gasteiger partial charge is 0.329 e. The van der Waals surface area contributed by atoms with Gasteiger partial charge in [-0.2, -0.15) is 0 Å². The molecule has 2 amide bonds. The maximum atomic E-state index is 11.6. The van der Waals surface area contributed by atoms with Crippen LogP contribution in [0, 0.1) is 5.92 Å². The molecule has 2 aliphatic rings. The van der Waals surface area contributed by atoms with Gasteiger partial charge in [0.1, 0.15) is 5.54 Å². The third kappa shape index (κ3) is 3.11. The van der Waals surface area contributed by atoms with Crippen LogP contribution in [0.2, 0.25) is 0 Å². The first kappa shape index (κ1) is 12.2. The number of hydrogen-bond acceptors (Lipinski definition) is 2. The van der Waals surface area contributed by atoms with Gasteiger partial charge in [-0.25, -0.2) is 9.59 Å². The Hall–Kier alpha value is -1.26. The van der Waals surface area contributed by atoms with Crippen LogP contribution < -0.4 is 10.6 Å². The van der Waals surface area contributed by atoms with Crippen LogP contribution in [0.5, 0.6) is 0 Å². The van der Waals surface area contributed by atoms with Crippen LogP contribution >= 0.6 is 0 Å². The molecule has 0 unspecified atom stereocenters. The number of rotatable bonds is 5. The summed E-state index contributed by atoms with van der Waals surface area (Å²) in [5.41, 5.74) is -1.02. The molecule has 0 bridgehead atoms. The van der Waals surface area contributed by atoms with Gasteiger partial charge in [0.25, 0.3) is 0 Å². The van der Waals surface area contributed by atoms with Crippen molar-refractivity contribution in [2.24, 2.45) is 5.92 Å². The summed E-state index contributed by atoms with van der Waals surface area (Å²) in [4.78, 5) is 22.8. The van der Waals surface area contributed by atoms with E-state index in [1.807, 2.05) is 0 Å². The molecule has 5 heteroatoms. The van der Waals surface area contributed by atoms with Gasteiger partial charge >= 0.3 is 12.0 Å². The molecule has 0 aliphatic heterocycles. The number of urea groups is 1. The summed E-state index contributed by atoms with van der Waals surface area (Å²) in [5.74, 6) is -0.137. The van der Waals surface area contributed by atoms with E-state index >= 15 is 0 Å². The van der Waals surface area contributed by atoms with Crippen LogP contribution in [0.4, 0.5) is 4.79 Å². The van der Waals surface area contributed by atoms with E-state index in [0.717, 1.165) is 25.2 Å². The van der Waals surface area contributed by atoms with Crippen molar-refractivity contribution in [3.63, 3.8) is 0 Å². The molecule has 0 aromatic heterocycles. The maximum Gasteiger partial charge on any atom is 0.329 e. The van der Waals surface area contributed by atoms with Gasteiger partial charge in [-0.3, -0.25) is 0 Å². The van der Waals surface area contributed by atoms with Gasteiger partial charge in [0, 0.05) is 6.54 Å². The highest BCUT2D eigenvalue weighted by atomic mass is 16.4. The summed E-state index contributed by atoms with van der Waals surface area (Å²) in [7, 11) is 0. The first-order valence-corrected chi connectivity index (χ1v) is 6.42. The fraction of sp³-hybridized carbons (Fsp3) is 0.833. The Balaban J connectivity index is 1.76. The van der Waals surface area contributed by atoms with E-state index in [0.29, 0.717) is 19.4 Å². The van der Waals surface area contributed by atoms with Crippen LogP contribution in [0.15, 0.2) is 0 Å². The average Bonchev–Trinajstić information content (AvgIpc) is 2.96. The predicted octanol–water partition coefficient (Wildman–Crippen LogP) is 1.48. The summed E-state index contributed by atoms with van der Waals surface area (Å²) < 4.78 is 0. The molecular formula is C12H20N2O3. The summed E-state index contributed by atoms with van der Waals surface area (Å²) in [6, 6.07) is -0.338. The Labute approximate surface area is 101 Å². The van der Waals surface area contributed by atoms with Crippen molar-refractivity contribution in [3.05, 3.63) is 0 Å². The summed E-state index contributed by atoms with van der Waals surface area (Å²) in [6.45, 7) is 0.645. The normalized spacial score (nSPS) is 22.1. The molecule has 2 saturated carbocycles. The number of carbonyl (C=O) groups is 2. The van der Waals surface area contributed by atoms with Crippen LogP contribution in [0.3, 0.4) is 0 Å². The number of nitrogens with one attached hydrogen (secondary N) is 2. The minimum Gasteiger partial charge on any atom is -0.480 e. The number of amides is 2. The van der Waals surface area contributed by atoms with E-state index in [1.54, 1.807) is 0 Å². The Bertz CT molecular complexity index is 307. The van der Waals surface area contributed by atoms with Crippen molar-refractivity contribution < 1.29 is 14.7 Å². The molecule has 3 N–H and O–H groups in total. The molecule has 2 aliphatic carbocycles. The maximum absolute atomic E-state index is 11.6. The molecule has 2 rings (SSSR count). The highest BCUT2D eigenvalue weighted by Gasteiger charge is 2.42. The fourth-order valence-electron chi connectivity index (χ4n) is 2.43. The molecule has 0 saturated heterocycles. The Kier molecular flexibility index (Phi) is 3.54. The van der Waals surface area contributed by atoms with E-state index in [-0.39, 0.29) is 6.03 Å². The van der Waals surface area contributed by atoms with Gasteiger partial charge in [0.05, 0.1) is 0 Å². The molecule has 0 aromatic carbocycles. The lowest BCUT2D eigenvalue weighted by molar-refractivity contribution is -0.144. The van der Waals surface area contributed by atoms with Gasteiger partial charge in [-0.1, -0.05) is 25.7 Å². The van der Waals surface area contributed by atoms with Crippen LogP contribution in [0.1, 0.15) is 44.9 Å². The number of carbonyl (C=O) groups excluding carboxylic acids is 1. The first-order valence-electron chi connectivity index (χ1n) is 6.42. The number of carboxylic acid groups (broad SMARTS) is 1. The lowest BCUT2D eigenvalue weighted by atomic mass is 9.98. The zero-order valence-corrected chi connectivity index (χ0v) is 10.00. The molecule has 0 radical (unpaired) electrons. The Morgan fingerprint density at radius 3 is 2.41 bits per heavy atom. The van der Waals surface area contributed by atoms with E-state index in [4.69, 9.17) is 0 Å². The standard InChI is InChI=1S/C12H20N2O3/c15-10(16)12(6-1-2-7-12)14-11(17)13-8-5-9-3-4-9/h9H,1-8H2,(H,15,16)(H2,13,14,17). The number of hydrogen-bond donors (Lipinski definition) is 3. The molecule has 0 heterocycles. The third-order valence-electron chi connectivity index (χ3n) is 3.75. The quantitative estimate of drug-likeness (QED) is 0.681. The van der Waals surface area contributed by atoms with Gasteiger partial charge < -0.3 is 15.7 Å². The van der Waals surface area contributed by atoms with Gasteiger partial charge in [0.15, 0.2) is 0 Å². The summed E-state index contributed by atoms with van der Waals surface area (Å²) >= 11 is 0. The lowest BCUT2D eigenvalue weighted by Gasteiger charge is -2.25. The minimum atomic E-state index is -1.02. The van der Waals surface area contributed by atoms with Gasteiger partial charge in [0.2, 0.25) is 0 Å². The zero-order chi connectivity index (χ0) is 12.3. The Morgan fingerprint density at radius 1 is 1.24 bits per heavy atom. The first-order chi connectivity index (χ1) is 8.12. The SMILES string of the molecule is O=C(NCCC1CC1)NC1(C(=O)O)CCCC1. The Morgan fingerprint density at radius 2 is 1.88 bits per heavy atom. The molecular weight excluding hydrogens is 220 g/mol.